The van der Waals surface area contributed by atoms with Gasteiger partial charge < -0.3 is 5.32 Å². The minimum absolute atomic E-state index is 0.685. The molecule has 104 valence electrons. The second kappa shape index (κ2) is 5.32. The fourth-order valence-corrected chi connectivity index (χ4v) is 2.13. The van der Waals surface area contributed by atoms with E-state index in [2.05, 4.69) is 27.4 Å². The summed E-state index contributed by atoms with van der Waals surface area (Å²) < 4.78 is 3.75. The van der Waals surface area contributed by atoms with E-state index in [1.807, 2.05) is 42.5 Å². The molecule has 0 radical (unpaired) electrons. The van der Waals surface area contributed by atoms with E-state index in [0.29, 0.717) is 6.54 Å². The van der Waals surface area contributed by atoms with E-state index in [1.165, 1.54) is 0 Å². The zero-order chi connectivity index (χ0) is 13.9. The highest BCUT2D eigenvalue weighted by Crippen LogP contribution is 2.11. The number of fused-ring (bicyclic) bond motifs is 1. The van der Waals surface area contributed by atoms with Crippen molar-refractivity contribution in [3.05, 3.63) is 42.1 Å². The van der Waals surface area contributed by atoms with Gasteiger partial charge in [-0.3, -0.25) is 4.68 Å². The average molecular weight is 270 g/mol. The van der Waals surface area contributed by atoms with Crippen molar-refractivity contribution in [3.63, 3.8) is 0 Å². The van der Waals surface area contributed by atoms with Crippen LogP contribution >= 0.6 is 0 Å². The van der Waals surface area contributed by atoms with Crippen LogP contribution in [0.5, 0.6) is 0 Å². The number of aromatic nitrogens is 5. The first kappa shape index (κ1) is 12.7. The molecule has 0 aromatic carbocycles. The van der Waals surface area contributed by atoms with E-state index < -0.39 is 0 Å². The molecule has 20 heavy (non-hydrogen) atoms. The number of hydrogen-bond donors (Lipinski definition) is 1. The van der Waals surface area contributed by atoms with Crippen LogP contribution in [0.4, 0.5) is 5.69 Å². The smallest absolute Gasteiger partial charge is 0.157 e. The number of aryl methyl sites for hydroxylation is 2. The Balaban J connectivity index is 1.69. The van der Waals surface area contributed by atoms with E-state index >= 15 is 0 Å². The highest BCUT2D eigenvalue weighted by Gasteiger charge is 2.03. The molecule has 3 rings (SSSR count). The van der Waals surface area contributed by atoms with Gasteiger partial charge in [0.2, 0.25) is 0 Å². The first-order chi connectivity index (χ1) is 9.76. The first-order valence-corrected chi connectivity index (χ1v) is 6.82. The molecule has 0 saturated carbocycles. The summed E-state index contributed by atoms with van der Waals surface area (Å²) >= 11 is 0. The topological polar surface area (TPSA) is 60.0 Å². The van der Waals surface area contributed by atoms with Crippen molar-refractivity contribution in [2.45, 2.75) is 33.4 Å². The van der Waals surface area contributed by atoms with Gasteiger partial charge in [-0.05, 0) is 19.4 Å². The van der Waals surface area contributed by atoms with Gasteiger partial charge in [0.1, 0.15) is 0 Å². The van der Waals surface area contributed by atoms with Crippen LogP contribution < -0.4 is 5.32 Å². The van der Waals surface area contributed by atoms with Crippen molar-refractivity contribution in [3.8, 4) is 0 Å². The van der Waals surface area contributed by atoms with Gasteiger partial charge in [-0.2, -0.15) is 10.2 Å². The SMILES string of the molecule is CCCn1ccc(CNc2cnc3c(C)cnn3c2)n1. The lowest BCUT2D eigenvalue weighted by atomic mass is 10.4. The van der Waals surface area contributed by atoms with Crippen LogP contribution in [0.15, 0.2) is 30.9 Å². The predicted octanol–water partition coefficient (Wildman–Crippen LogP) is 2.26. The summed E-state index contributed by atoms with van der Waals surface area (Å²) in [6.07, 6.45) is 8.69. The summed E-state index contributed by atoms with van der Waals surface area (Å²) in [6.45, 7) is 5.79. The van der Waals surface area contributed by atoms with Gasteiger partial charge in [0.15, 0.2) is 5.65 Å². The maximum absolute atomic E-state index is 4.49. The monoisotopic (exact) mass is 270 g/mol. The lowest BCUT2D eigenvalue weighted by Crippen LogP contribution is -2.04. The van der Waals surface area contributed by atoms with Gasteiger partial charge in [0, 0.05) is 18.3 Å². The Morgan fingerprint density at radius 1 is 1.30 bits per heavy atom. The molecule has 0 fully saturated rings. The van der Waals surface area contributed by atoms with Gasteiger partial charge in [-0.25, -0.2) is 9.50 Å². The van der Waals surface area contributed by atoms with Gasteiger partial charge >= 0.3 is 0 Å². The van der Waals surface area contributed by atoms with Crippen LogP contribution in [0.1, 0.15) is 24.6 Å². The molecule has 0 unspecified atom stereocenters. The van der Waals surface area contributed by atoms with Crippen LogP contribution in [0.25, 0.3) is 5.65 Å². The maximum Gasteiger partial charge on any atom is 0.157 e. The number of rotatable bonds is 5. The molecular formula is C14H18N6. The molecule has 3 aromatic rings. The van der Waals surface area contributed by atoms with Crippen molar-refractivity contribution in [1.29, 1.82) is 0 Å². The molecular weight excluding hydrogens is 252 g/mol. The standard InChI is InChI=1S/C14H18N6/c1-3-5-19-6-4-12(18-19)8-15-13-9-16-14-11(2)7-17-20(14)10-13/h4,6-7,9-10,15H,3,5,8H2,1-2H3. The van der Waals surface area contributed by atoms with E-state index in [-0.39, 0.29) is 0 Å². The summed E-state index contributed by atoms with van der Waals surface area (Å²) in [6, 6.07) is 2.03. The van der Waals surface area contributed by atoms with E-state index in [1.54, 1.807) is 4.52 Å². The fourth-order valence-electron chi connectivity index (χ4n) is 2.13. The molecule has 1 N–H and O–H groups in total. The molecule has 0 spiro atoms. The van der Waals surface area contributed by atoms with Gasteiger partial charge in [-0.15, -0.1) is 0 Å². The number of nitrogens with one attached hydrogen (secondary N) is 1. The van der Waals surface area contributed by atoms with Gasteiger partial charge in [-0.1, -0.05) is 6.92 Å². The zero-order valence-corrected chi connectivity index (χ0v) is 11.7. The van der Waals surface area contributed by atoms with E-state index in [9.17, 15) is 0 Å². The third-order valence-corrected chi connectivity index (χ3v) is 3.16. The largest absolute Gasteiger partial charge is 0.377 e. The molecule has 0 aliphatic carbocycles. The van der Waals surface area contributed by atoms with Crippen molar-refractivity contribution < 1.29 is 0 Å². The Bertz CT molecular complexity index is 711. The third-order valence-electron chi connectivity index (χ3n) is 3.16. The van der Waals surface area contributed by atoms with Gasteiger partial charge in [0.05, 0.1) is 36.5 Å². The number of anilines is 1. The molecule has 0 saturated heterocycles. The molecule has 0 aliphatic rings. The lowest BCUT2D eigenvalue weighted by molar-refractivity contribution is 0.595. The molecule has 0 amide bonds. The normalized spacial score (nSPS) is 11.1. The Morgan fingerprint density at radius 2 is 2.20 bits per heavy atom. The van der Waals surface area contributed by atoms with Crippen LogP contribution in [-0.4, -0.2) is 24.4 Å². The Kier molecular flexibility index (Phi) is 3.37. The Hall–Kier alpha value is -2.37. The molecule has 6 nitrogen and oxygen atoms in total. The summed E-state index contributed by atoms with van der Waals surface area (Å²) in [5, 5.41) is 12.1. The number of hydrogen-bond acceptors (Lipinski definition) is 4. The fraction of sp³-hybridized carbons (Fsp3) is 0.357. The van der Waals surface area contributed by atoms with E-state index in [4.69, 9.17) is 0 Å². The third kappa shape index (κ3) is 2.49. The quantitative estimate of drug-likeness (QED) is 0.772. The average Bonchev–Trinajstić information content (AvgIpc) is 3.04. The molecule has 0 atom stereocenters. The summed E-state index contributed by atoms with van der Waals surface area (Å²) in [5.41, 5.74) is 3.93. The maximum atomic E-state index is 4.49. The van der Waals surface area contributed by atoms with Crippen LogP contribution in [0.2, 0.25) is 0 Å². The zero-order valence-electron chi connectivity index (χ0n) is 11.7. The predicted molar refractivity (Wildman–Crippen MR) is 77.6 cm³/mol. The highest BCUT2D eigenvalue weighted by molar-refractivity contribution is 5.50. The molecule has 0 aliphatic heterocycles. The molecule has 3 aromatic heterocycles. The van der Waals surface area contributed by atoms with Crippen molar-refractivity contribution >= 4 is 11.3 Å². The van der Waals surface area contributed by atoms with Crippen molar-refractivity contribution in [2.75, 3.05) is 5.32 Å². The minimum Gasteiger partial charge on any atom is -0.377 e. The van der Waals surface area contributed by atoms with Crippen LogP contribution in [0.3, 0.4) is 0 Å². The van der Waals surface area contributed by atoms with Crippen molar-refractivity contribution in [1.82, 2.24) is 24.4 Å². The number of nitrogens with zero attached hydrogens (tertiary/aromatic N) is 5. The Labute approximate surface area is 117 Å². The van der Waals surface area contributed by atoms with Crippen LogP contribution in [-0.2, 0) is 13.1 Å². The summed E-state index contributed by atoms with van der Waals surface area (Å²) in [4.78, 5) is 4.40. The minimum atomic E-state index is 0.685. The summed E-state index contributed by atoms with van der Waals surface area (Å²) in [7, 11) is 0. The molecule has 6 heteroatoms. The molecule has 0 bridgehead atoms. The van der Waals surface area contributed by atoms with E-state index in [0.717, 1.165) is 35.6 Å². The summed E-state index contributed by atoms with van der Waals surface area (Å²) in [5.74, 6) is 0. The Morgan fingerprint density at radius 3 is 3.05 bits per heavy atom. The highest BCUT2D eigenvalue weighted by atomic mass is 15.3. The second-order valence-corrected chi connectivity index (χ2v) is 4.86. The van der Waals surface area contributed by atoms with Crippen molar-refractivity contribution in [2.24, 2.45) is 0 Å². The molecule has 3 heterocycles. The second-order valence-electron chi connectivity index (χ2n) is 4.86. The lowest BCUT2D eigenvalue weighted by Gasteiger charge is -2.04. The van der Waals surface area contributed by atoms with Crippen LogP contribution in [0, 0.1) is 6.92 Å². The van der Waals surface area contributed by atoms with Gasteiger partial charge in [0.25, 0.3) is 0 Å². The first-order valence-electron chi connectivity index (χ1n) is 6.82.